The Labute approximate surface area is 101 Å². The molecule has 0 spiro atoms. The van der Waals surface area contributed by atoms with Gasteiger partial charge in [0.05, 0.1) is 0 Å². The van der Waals surface area contributed by atoms with Crippen molar-refractivity contribution in [1.82, 2.24) is 10.2 Å². The minimum absolute atomic E-state index is 0.0145. The van der Waals surface area contributed by atoms with E-state index in [4.69, 9.17) is 0 Å². The van der Waals surface area contributed by atoms with Gasteiger partial charge >= 0.3 is 0 Å². The molecule has 0 heterocycles. The van der Waals surface area contributed by atoms with Crippen molar-refractivity contribution in [2.45, 2.75) is 58.4 Å². The second-order valence-corrected chi connectivity index (χ2v) is 5.12. The highest BCUT2D eigenvalue weighted by Gasteiger charge is 2.23. The van der Waals surface area contributed by atoms with Crippen LogP contribution in [0, 0.1) is 0 Å². The van der Waals surface area contributed by atoms with Crippen molar-refractivity contribution >= 4 is 5.91 Å². The maximum atomic E-state index is 11.7. The third kappa shape index (κ3) is 6.83. The highest BCUT2D eigenvalue weighted by atomic mass is 16.1. The van der Waals surface area contributed by atoms with Gasteiger partial charge in [0, 0.05) is 18.5 Å². The molecule has 1 N–H and O–H groups in total. The second-order valence-electron chi connectivity index (χ2n) is 5.12. The molecular weight excluding hydrogens is 200 g/mol. The fraction of sp³-hybridized carbons (Fsp3) is 0.923. The van der Waals surface area contributed by atoms with E-state index >= 15 is 0 Å². The van der Waals surface area contributed by atoms with Gasteiger partial charge in [0.25, 0.3) is 0 Å². The standard InChI is InChI=1S/C13H28N2O/c1-6-8-10-13(3,7-2)14-12(16)9-11-15(4)5/h6-11H2,1-5H3,(H,14,16). The average Bonchev–Trinajstić information content (AvgIpc) is 2.23. The highest BCUT2D eigenvalue weighted by molar-refractivity contribution is 5.76. The van der Waals surface area contributed by atoms with Crippen molar-refractivity contribution in [3.63, 3.8) is 0 Å². The van der Waals surface area contributed by atoms with E-state index in [2.05, 4.69) is 26.1 Å². The summed E-state index contributed by atoms with van der Waals surface area (Å²) in [5, 5.41) is 3.17. The number of carbonyl (C=O) groups is 1. The minimum atomic E-state index is -0.0145. The van der Waals surface area contributed by atoms with Crippen molar-refractivity contribution in [2.75, 3.05) is 20.6 Å². The van der Waals surface area contributed by atoms with E-state index in [0.717, 1.165) is 19.4 Å². The zero-order valence-electron chi connectivity index (χ0n) is 11.6. The van der Waals surface area contributed by atoms with E-state index < -0.39 is 0 Å². The molecule has 0 saturated heterocycles. The average molecular weight is 228 g/mol. The predicted molar refractivity (Wildman–Crippen MR) is 69.5 cm³/mol. The van der Waals surface area contributed by atoms with Crippen LogP contribution in [0.2, 0.25) is 0 Å². The lowest BCUT2D eigenvalue weighted by Gasteiger charge is -2.30. The highest BCUT2D eigenvalue weighted by Crippen LogP contribution is 2.17. The Morgan fingerprint density at radius 3 is 2.38 bits per heavy atom. The van der Waals surface area contributed by atoms with Crippen LogP contribution >= 0.6 is 0 Å². The molecule has 0 radical (unpaired) electrons. The van der Waals surface area contributed by atoms with Crippen LogP contribution in [0.1, 0.15) is 52.9 Å². The number of carbonyl (C=O) groups excluding carboxylic acids is 1. The van der Waals surface area contributed by atoms with Gasteiger partial charge in [0.1, 0.15) is 0 Å². The van der Waals surface area contributed by atoms with Crippen LogP contribution in [0.5, 0.6) is 0 Å². The molecule has 0 aliphatic rings. The summed E-state index contributed by atoms with van der Waals surface area (Å²) in [6.45, 7) is 7.29. The second kappa shape index (κ2) is 7.66. The molecule has 0 rings (SSSR count). The van der Waals surface area contributed by atoms with Crippen LogP contribution in [-0.4, -0.2) is 37.0 Å². The molecule has 0 aliphatic carbocycles. The largest absolute Gasteiger partial charge is 0.351 e. The number of unbranched alkanes of at least 4 members (excludes halogenated alkanes) is 1. The molecule has 96 valence electrons. The first kappa shape index (κ1) is 15.4. The predicted octanol–water partition coefficient (Wildman–Crippen LogP) is 2.41. The summed E-state index contributed by atoms with van der Waals surface area (Å²) in [5.41, 5.74) is -0.0145. The SMILES string of the molecule is CCCCC(C)(CC)NC(=O)CCN(C)C. The Kier molecular flexibility index (Phi) is 7.39. The maximum absolute atomic E-state index is 11.7. The van der Waals surface area contributed by atoms with Gasteiger partial charge in [0.15, 0.2) is 0 Å². The first-order valence-electron chi connectivity index (χ1n) is 6.39. The minimum Gasteiger partial charge on any atom is -0.351 e. The summed E-state index contributed by atoms with van der Waals surface area (Å²) >= 11 is 0. The molecule has 1 unspecified atom stereocenters. The van der Waals surface area contributed by atoms with E-state index in [0.29, 0.717) is 6.42 Å². The van der Waals surface area contributed by atoms with Gasteiger partial charge in [-0.2, -0.15) is 0 Å². The zero-order chi connectivity index (χ0) is 12.6. The molecule has 16 heavy (non-hydrogen) atoms. The van der Waals surface area contributed by atoms with Crippen molar-refractivity contribution in [2.24, 2.45) is 0 Å². The number of rotatable bonds is 8. The Balaban J connectivity index is 4.04. The molecule has 0 aliphatic heterocycles. The van der Waals surface area contributed by atoms with Crippen molar-refractivity contribution in [1.29, 1.82) is 0 Å². The summed E-state index contributed by atoms with van der Waals surface area (Å²) < 4.78 is 0. The molecule has 0 aromatic rings. The van der Waals surface area contributed by atoms with Crippen LogP contribution < -0.4 is 5.32 Å². The van der Waals surface area contributed by atoms with E-state index in [1.807, 2.05) is 19.0 Å². The van der Waals surface area contributed by atoms with Gasteiger partial charge in [-0.1, -0.05) is 26.7 Å². The number of nitrogens with one attached hydrogen (secondary N) is 1. The summed E-state index contributed by atoms with van der Waals surface area (Å²) in [6, 6.07) is 0. The van der Waals surface area contributed by atoms with Gasteiger partial charge < -0.3 is 10.2 Å². The molecular formula is C13H28N2O. The summed E-state index contributed by atoms with van der Waals surface area (Å²) in [5.74, 6) is 0.175. The summed E-state index contributed by atoms with van der Waals surface area (Å²) in [6.07, 6.45) is 5.03. The Hall–Kier alpha value is -0.570. The van der Waals surface area contributed by atoms with Gasteiger partial charge in [-0.05, 0) is 33.9 Å². The molecule has 0 saturated carbocycles. The molecule has 0 aromatic carbocycles. The molecule has 0 aromatic heterocycles. The summed E-state index contributed by atoms with van der Waals surface area (Å²) in [4.78, 5) is 13.8. The number of amides is 1. The van der Waals surface area contributed by atoms with Crippen molar-refractivity contribution < 1.29 is 4.79 Å². The molecule has 3 heteroatoms. The van der Waals surface area contributed by atoms with Crippen LogP contribution in [0.25, 0.3) is 0 Å². The van der Waals surface area contributed by atoms with E-state index in [1.54, 1.807) is 0 Å². The lowest BCUT2D eigenvalue weighted by atomic mass is 9.92. The van der Waals surface area contributed by atoms with Gasteiger partial charge in [-0.3, -0.25) is 4.79 Å². The normalized spacial score (nSPS) is 14.9. The maximum Gasteiger partial charge on any atom is 0.221 e. The number of nitrogens with zero attached hydrogens (tertiary/aromatic N) is 1. The topological polar surface area (TPSA) is 32.3 Å². The monoisotopic (exact) mass is 228 g/mol. The van der Waals surface area contributed by atoms with Gasteiger partial charge in [-0.25, -0.2) is 0 Å². The Bertz CT molecular complexity index is 204. The Morgan fingerprint density at radius 1 is 1.31 bits per heavy atom. The first-order valence-corrected chi connectivity index (χ1v) is 6.39. The van der Waals surface area contributed by atoms with Crippen LogP contribution in [0.4, 0.5) is 0 Å². The lowest BCUT2D eigenvalue weighted by molar-refractivity contribution is -0.123. The number of hydrogen-bond acceptors (Lipinski definition) is 2. The third-order valence-electron chi connectivity index (χ3n) is 3.09. The smallest absolute Gasteiger partial charge is 0.221 e. The molecule has 0 fully saturated rings. The van der Waals surface area contributed by atoms with Crippen LogP contribution in [0.15, 0.2) is 0 Å². The van der Waals surface area contributed by atoms with E-state index in [9.17, 15) is 4.79 Å². The molecule has 0 bridgehead atoms. The van der Waals surface area contributed by atoms with E-state index in [1.165, 1.54) is 12.8 Å². The Morgan fingerprint density at radius 2 is 1.94 bits per heavy atom. The lowest BCUT2D eigenvalue weighted by Crippen LogP contribution is -2.46. The number of hydrogen-bond donors (Lipinski definition) is 1. The molecule has 3 nitrogen and oxygen atoms in total. The summed E-state index contributed by atoms with van der Waals surface area (Å²) in [7, 11) is 3.98. The van der Waals surface area contributed by atoms with Crippen LogP contribution in [0.3, 0.4) is 0 Å². The van der Waals surface area contributed by atoms with E-state index in [-0.39, 0.29) is 11.4 Å². The first-order chi connectivity index (χ1) is 7.43. The van der Waals surface area contributed by atoms with Crippen LogP contribution in [-0.2, 0) is 4.79 Å². The van der Waals surface area contributed by atoms with Crippen molar-refractivity contribution in [3.8, 4) is 0 Å². The quantitative estimate of drug-likeness (QED) is 0.692. The van der Waals surface area contributed by atoms with Gasteiger partial charge in [-0.15, -0.1) is 0 Å². The molecule has 1 amide bonds. The van der Waals surface area contributed by atoms with Crippen molar-refractivity contribution in [3.05, 3.63) is 0 Å². The third-order valence-corrected chi connectivity index (χ3v) is 3.09. The fourth-order valence-corrected chi connectivity index (χ4v) is 1.62. The fourth-order valence-electron chi connectivity index (χ4n) is 1.62. The molecule has 1 atom stereocenters. The zero-order valence-corrected chi connectivity index (χ0v) is 11.6. The van der Waals surface area contributed by atoms with Gasteiger partial charge in [0.2, 0.25) is 5.91 Å².